The van der Waals surface area contributed by atoms with Crippen LogP contribution in [-0.2, 0) is 0 Å². The molecule has 0 aliphatic carbocycles. The van der Waals surface area contributed by atoms with Gasteiger partial charge in [-0.05, 0) is 35.1 Å². The van der Waals surface area contributed by atoms with Gasteiger partial charge in [0.2, 0.25) is 0 Å². The average Bonchev–Trinajstić information content (AvgIpc) is 2.26. The highest BCUT2D eigenvalue weighted by molar-refractivity contribution is 5.81. The molecule has 0 aliphatic heterocycles. The van der Waals surface area contributed by atoms with Gasteiger partial charge in [-0.2, -0.15) is 5.26 Å². The first kappa shape index (κ1) is 12.4. The van der Waals surface area contributed by atoms with E-state index in [1.54, 1.807) is 0 Å². The summed E-state index contributed by atoms with van der Waals surface area (Å²) in [6.45, 7) is 8.14. The van der Waals surface area contributed by atoms with Gasteiger partial charge >= 0.3 is 0 Å². The highest BCUT2D eigenvalue weighted by Crippen LogP contribution is 2.27. The van der Waals surface area contributed by atoms with Crippen LogP contribution >= 0.6 is 0 Å². The Balaban J connectivity index is 3.54. The topological polar surface area (TPSA) is 40.9 Å². The number of benzene rings is 1. The van der Waals surface area contributed by atoms with E-state index >= 15 is 0 Å². The minimum atomic E-state index is 0.256. The first-order valence-electron chi connectivity index (χ1n) is 5.54. The summed E-state index contributed by atoms with van der Waals surface area (Å²) in [5, 5.41) is 8.98. The molecule has 0 atom stereocenters. The maximum absolute atomic E-state index is 11.2. The van der Waals surface area contributed by atoms with E-state index in [9.17, 15) is 4.79 Å². The van der Waals surface area contributed by atoms with Crippen LogP contribution < -0.4 is 0 Å². The van der Waals surface area contributed by atoms with Crippen LogP contribution in [0.4, 0.5) is 0 Å². The zero-order valence-corrected chi connectivity index (χ0v) is 10.2. The molecule has 0 amide bonds. The van der Waals surface area contributed by atoms with E-state index in [0.29, 0.717) is 5.56 Å². The summed E-state index contributed by atoms with van der Waals surface area (Å²) in [6, 6.07) is 5.79. The highest BCUT2D eigenvalue weighted by Gasteiger charge is 2.14. The average molecular weight is 215 g/mol. The van der Waals surface area contributed by atoms with Crippen molar-refractivity contribution < 1.29 is 4.79 Å². The fraction of sp³-hybridized carbons (Fsp3) is 0.429. The molecule has 0 fully saturated rings. The van der Waals surface area contributed by atoms with Gasteiger partial charge in [0.25, 0.3) is 0 Å². The Morgan fingerprint density at radius 2 is 1.56 bits per heavy atom. The maximum Gasteiger partial charge on any atom is 0.150 e. The second-order valence-electron chi connectivity index (χ2n) is 4.61. The van der Waals surface area contributed by atoms with Crippen LogP contribution in [0.5, 0.6) is 0 Å². The number of nitriles is 1. The second-order valence-corrected chi connectivity index (χ2v) is 4.61. The summed E-state index contributed by atoms with van der Waals surface area (Å²) in [5.41, 5.74) is 3.33. The van der Waals surface area contributed by atoms with Crippen LogP contribution in [0, 0.1) is 11.3 Å². The van der Waals surface area contributed by atoms with E-state index in [-0.39, 0.29) is 11.8 Å². The quantitative estimate of drug-likeness (QED) is 0.722. The molecule has 0 bridgehead atoms. The van der Waals surface area contributed by atoms with Gasteiger partial charge < -0.3 is 0 Å². The first-order chi connectivity index (χ1) is 7.51. The molecule has 1 aromatic carbocycles. The molecule has 16 heavy (non-hydrogen) atoms. The minimum absolute atomic E-state index is 0.256. The molecule has 0 radical (unpaired) electrons. The van der Waals surface area contributed by atoms with Crippen LogP contribution in [0.3, 0.4) is 0 Å². The molecule has 0 N–H and O–H groups in total. The van der Waals surface area contributed by atoms with E-state index < -0.39 is 0 Å². The lowest BCUT2D eigenvalue weighted by Gasteiger charge is -2.16. The summed E-state index contributed by atoms with van der Waals surface area (Å²) in [4.78, 5) is 11.2. The van der Waals surface area contributed by atoms with Gasteiger partial charge in [-0.3, -0.25) is 4.79 Å². The van der Waals surface area contributed by atoms with E-state index in [4.69, 9.17) is 5.26 Å². The molecule has 0 aliphatic rings. The van der Waals surface area contributed by atoms with Crippen molar-refractivity contribution in [3.05, 3.63) is 34.4 Å². The molecule has 84 valence electrons. The van der Waals surface area contributed by atoms with E-state index in [0.717, 1.165) is 23.0 Å². The van der Waals surface area contributed by atoms with Crippen LogP contribution in [-0.4, -0.2) is 6.29 Å². The van der Waals surface area contributed by atoms with Crippen molar-refractivity contribution in [1.29, 1.82) is 5.26 Å². The van der Waals surface area contributed by atoms with Gasteiger partial charge in [-0.25, -0.2) is 0 Å². The van der Waals surface area contributed by atoms with Gasteiger partial charge in [-0.15, -0.1) is 0 Å². The van der Waals surface area contributed by atoms with Crippen molar-refractivity contribution >= 4 is 6.29 Å². The van der Waals surface area contributed by atoms with Gasteiger partial charge in [0.15, 0.2) is 6.29 Å². The van der Waals surface area contributed by atoms with Gasteiger partial charge in [-0.1, -0.05) is 27.7 Å². The molecule has 0 saturated carbocycles. The van der Waals surface area contributed by atoms with E-state index in [1.165, 1.54) is 0 Å². The maximum atomic E-state index is 11.2. The third kappa shape index (κ3) is 2.30. The second kappa shape index (κ2) is 4.94. The standard InChI is InChI=1S/C14H17NO/c1-9(2)12-5-11(7-15)6-13(10(3)4)14(12)8-16/h5-6,8-10H,1-4H3. The van der Waals surface area contributed by atoms with E-state index in [2.05, 4.69) is 6.07 Å². The zero-order chi connectivity index (χ0) is 12.3. The molecule has 2 nitrogen and oxygen atoms in total. The van der Waals surface area contributed by atoms with Crippen molar-refractivity contribution in [3.8, 4) is 6.07 Å². The van der Waals surface area contributed by atoms with Gasteiger partial charge in [0.1, 0.15) is 0 Å². The Morgan fingerprint density at radius 3 is 1.81 bits per heavy atom. The highest BCUT2D eigenvalue weighted by atomic mass is 16.1. The van der Waals surface area contributed by atoms with Crippen molar-refractivity contribution in [3.63, 3.8) is 0 Å². The molecule has 0 heterocycles. The van der Waals surface area contributed by atoms with Crippen LogP contribution in [0.1, 0.15) is 66.6 Å². The van der Waals surface area contributed by atoms with E-state index in [1.807, 2.05) is 39.8 Å². The molecule has 0 spiro atoms. The third-order valence-electron chi connectivity index (χ3n) is 2.73. The Kier molecular flexibility index (Phi) is 3.84. The van der Waals surface area contributed by atoms with Crippen molar-refractivity contribution in [2.75, 3.05) is 0 Å². The fourth-order valence-electron chi connectivity index (χ4n) is 1.85. The lowest BCUT2D eigenvalue weighted by atomic mass is 9.87. The number of aldehydes is 1. The number of carbonyl (C=O) groups is 1. The van der Waals surface area contributed by atoms with Crippen molar-refractivity contribution in [2.24, 2.45) is 0 Å². The number of nitrogens with zero attached hydrogens (tertiary/aromatic N) is 1. The lowest BCUT2D eigenvalue weighted by molar-refractivity contribution is 0.112. The first-order valence-corrected chi connectivity index (χ1v) is 5.54. The molecule has 0 saturated heterocycles. The molecule has 0 aromatic heterocycles. The summed E-state index contributed by atoms with van der Waals surface area (Å²) >= 11 is 0. The molecule has 1 rings (SSSR count). The summed E-state index contributed by atoms with van der Waals surface area (Å²) in [5.74, 6) is 0.511. The monoisotopic (exact) mass is 215 g/mol. The number of rotatable bonds is 3. The Hall–Kier alpha value is -1.62. The number of hydrogen-bond donors (Lipinski definition) is 0. The zero-order valence-electron chi connectivity index (χ0n) is 10.2. The van der Waals surface area contributed by atoms with Gasteiger partial charge in [0.05, 0.1) is 11.6 Å². The van der Waals surface area contributed by atoms with Crippen molar-refractivity contribution in [2.45, 2.75) is 39.5 Å². The van der Waals surface area contributed by atoms with Crippen LogP contribution in [0.2, 0.25) is 0 Å². The Morgan fingerprint density at radius 1 is 1.12 bits per heavy atom. The smallest absolute Gasteiger partial charge is 0.150 e. The number of hydrogen-bond acceptors (Lipinski definition) is 2. The lowest BCUT2D eigenvalue weighted by Crippen LogP contribution is -2.03. The third-order valence-corrected chi connectivity index (χ3v) is 2.73. The van der Waals surface area contributed by atoms with Crippen molar-refractivity contribution in [1.82, 2.24) is 0 Å². The summed E-state index contributed by atoms with van der Waals surface area (Å²) in [7, 11) is 0. The predicted octanol–water partition coefficient (Wildman–Crippen LogP) is 3.62. The Labute approximate surface area is 96.9 Å². The van der Waals surface area contributed by atoms with Gasteiger partial charge in [0, 0.05) is 5.56 Å². The summed E-state index contributed by atoms with van der Waals surface area (Å²) in [6.07, 6.45) is 0.909. The SMILES string of the molecule is CC(C)c1cc(C#N)cc(C(C)C)c1C=O. The minimum Gasteiger partial charge on any atom is -0.298 e. The molecular formula is C14H17NO. The van der Waals surface area contributed by atoms with Crippen LogP contribution in [0.25, 0.3) is 0 Å². The molecule has 1 aromatic rings. The molecular weight excluding hydrogens is 198 g/mol. The molecule has 0 unspecified atom stereocenters. The largest absolute Gasteiger partial charge is 0.298 e. The van der Waals surface area contributed by atoms with Crippen LogP contribution in [0.15, 0.2) is 12.1 Å². The number of carbonyl (C=O) groups excluding carboxylic acids is 1. The predicted molar refractivity (Wildman–Crippen MR) is 64.7 cm³/mol. The normalized spacial score (nSPS) is 10.6. The Bertz CT molecular complexity index is 410. The molecule has 2 heteroatoms. The fourth-order valence-corrected chi connectivity index (χ4v) is 1.85. The summed E-state index contributed by atoms with van der Waals surface area (Å²) < 4.78 is 0.